The Morgan fingerprint density at radius 3 is 3.10 bits per heavy atom. The Labute approximate surface area is 118 Å². The first-order valence-corrected chi connectivity index (χ1v) is 7.21. The molecule has 108 valence electrons. The van der Waals surface area contributed by atoms with E-state index in [1.807, 2.05) is 18.2 Å². The van der Waals surface area contributed by atoms with Gasteiger partial charge in [0, 0.05) is 12.1 Å². The molecule has 1 saturated heterocycles. The lowest BCUT2D eigenvalue weighted by molar-refractivity contribution is -0.118. The number of nitrogens with zero attached hydrogens (tertiary/aromatic N) is 1. The van der Waals surface area contributed by atoms with Gasteiger partial charge in [0.2, 0.25) is 12.7 Å². The molecule has 1 N–H and O–H groups in total. The maximum atomic E-state index is 11.7. The monoisotopic (exact) mass is 276 g/mol. The second kappa shape index (κ2) is 5.71. The largest absolute Gasteiger partial charge is 0.454 e. The molecule has 1 atom stereocenters. The quantitative estimate of drug-likeness (QED) is 0.836. The molecule has 0 aliphatic carbocycles. The number of benzene rings is 1. The van der Waals surface area contributed by atoms with Crippen molar-refractivity contribution in [3.63, 3.8) is 0 Å². The van der Waals surface area contributed by atoms with Crippen LogP contribution in [0.15, 0.2) is 18.2 Å². The summed E-state index contributed by atoms with van der Waals surface area (Å²) in [6.45, 7) is 3.81. The van der Waals surface area contributed by atoms with Crippen molar-refractivity contribution in [2.75, 3.05) is 19.9 Å². The van der Waals surface area contributed by atoms with E-state index >= 15 is 0 Å². The molecule has 1 aromatic rings. The molecular weight excluding hydrogens is 256 g/mol. The fourth-order valence-corrected chi connectivity index (χ4v) is 2.78. The Morgan fingerprint density at radius 1 is 1.35 bits per heavy atom. The number of hydrogen-bond donors (Lipinski definition) is 1. The van der Waals surface area contributed by atoms with Crippen LogP contribution in [0.1, 0.15) is 37.9 Å². The number of nitrogens with one attached hydrogen (secondary N) is 1. The normalized spacial score (nSPS) is 21.2. The standard InChI is InChI=1S/C15H20N2O3/c1-2-3-4-8-17-9-13(18)16-15(17)11-6-5-7-12-14(11)20-10-19-12/h5-7,15H,2-4,8-10H2,1H3,(H,16,18)/t15-/m0/s1. The summed E-state index contributed by atoms with van der Waals surface area (Å²) >= 11 is 0. The maximum Gasteiger partial charge on any atom is 0.235 e. The highest BCUT2D eigenvalue weighted by Crippen LogP contribution is 2.40. The first kappa shape index (κ1) is 13.2. The Kier molecular flexibility index (Phi) is 3.78. The predicted molar refractivity (Wildman–Crippen MR) is 74.5 cm³/mol. The molecular formula is C15H20N2O3. The van der Waals surface area contributed by atoms with E-state index in [-0.39, 0.29) is 18.9 Å². The van der Waals surface area contributed by atoms with Crippen LogP contribution in [0.5, 0.6) is 11.5 Å². The summed E-state index contributed by atoms with van der Waals surface area (Å²) in [5.74, 6) is 1.60. The number of rotatable bonds is 5. The van der Waals surface area contributed by atoms with Gasteiger partial charge >= 0.3 is 0 Å². The van der Waals surface area contributed by atoms with Crippen LogP contribution in [0.4, 0.5) is 0 Å². The number of ether oxygens (including phenoxy) is 2. The van der Waals surface area contributed by atoms with Crippen molar-refractivity contribution in [3.05, 3.63) is 23.8 Å². The van der Waals surface area contributed by atoms with Crippen LogP contribution < -0.4 is 14.8 Å². The van der Waals surface area contributed by atoms with Crippen molar-refractivity contribution in [2.24, 2.45) is 0 Å². The molecule has 0 aromatic heterocycles. The van der Waals surface area contributed by atoms with Gasteiger partial charge in [-0.1, -0.05) is 31.9 Å². The van der Waals surface area contributed by atoms with E-state index in [1.54, 1.807) is 0 Å². The van der Waals surface area contributed by atoms with Crippen molar-refractivity contribution in [3.8, 4) is 11.5 Å². The van der Waals surface area contributed by atoms with E-state index < -0.39 is 0 Å². The molecule has 5 nitrogen and oxygen atoms in total. The van der Waals surface area contributed by atoms with Crippen LogP contribution >= 0.6 is 0 Å². The Morgan fingerprint density at radius 2 is 2.25 bits per heavy atom. The second-order valence-electron chi connectivity index (χ2n) is 5.23. The minimum atomic E-state index is -0.101. The summed E-state index contributed by atoms with van der Waals surface area (Å²) < 4.78 is 11.0. The molecule has 0 bridgehead atoms. The highest BCUT2D eigenvalue weighted by Gasteiger charge is 2.34. The molecule has 1 aromatic carbocycles. The van der Waals surface area contributed by atoms with E-state index in [4.69, 9.17) is 9.47 Å². The van der Waals surface area contributed by atoms with Crippen molar-refractivity contribution in [2.45, 2.75) is 32.4 Å². The number of amides is 1. The van der Waals surface area contributed by atoms with Gasteiger partial charge in [-0.25, -0.2) is 0 Å². The lowest BCUT2D eigenvalue weighted by Gasteiger charge is -2.24. The zero-order valence-corrected chi connectivity index (χ0v) is 11.7. The summed E-state index contributed by atoms with van der Waals surface area (Å²) in [6.07, 6.45) is 3.37. The van der Waals surface area contributed by atoms with E-state index in [2.05, 4.69) is 17.1 Å². The van der Waals surface area contributed by atoms with Gasteiger partial charge in [-0.2, -0.15) is 0 Å². The van der Waals surface area contributed by atoms with E-state index in [0.29, 0.717) is 6.54 Å². The summed E-state index contributed by atoms with van der Waals surface area (Å²) in [6, 6.07) is 5.83. The second-order valence-corrected chi connectivity index (χ2v) is 5.23. The zero-order valence-electron chi connectivity index (χ0n) is 11.7. The lowest BCUT2D eigenvalue weighted by Crippen LogP contribution is -2.28. The molecule has 0 radical (unpaired) electrons. The van der Waals surface area contributed by atoms with Crippen LogP contribution in [-0.2, 0) is 4.79 Å². The fourth-order valence-electron chi connectivity index (χ4n) is 2.78. The molecule has 0 saturated carbocycles. The average Bonchev–Trinajstić information content (AvgIpc) is 3.05. The molecule has 0 unspecified atom stereocenters. The van der Waals surface area contributed by atoms with Gasteiger partial charge in [-0.15, -0.1) is 0 Å². The molecule has 2 aliphatic heterocycles. The minimum Gasteiger partial charge on any atom is -0.454 e. The number of hydrogen-bond acceptors (Lipinski definition) is 4. The van der Waals surface area contributed by atoms with Gasteiger partial charge in [0.05, 0.1) is 6.54 Å². The Balaban J connectivity index is 1.80. The molecule has 2 aliphatic rings. The number of para-hydroxylation sites is 1. The van der Waals surface area contributed by atoms with Crippen LogP contribution in [0.3, 0.4) is 0 Å². The van der Waals surface area contributed by atoms with Crippen molar-refractivity contribution in [1.82, 2.24) is 10.2 Å². The van der Waals surface area contributed by atoms with Crippen molar-refractivity contribution in [1.29, 1.82) is 0 Å². The molecule has 2 heterocycles. The zero-order chi connectivity index (χ0) is 13.9. The van der Waals surface area contributed by atoms with Gasteiger partial charge < -0.3 is 14.8 Å². The number of fused-ring (bicyclic) bond motifs is 1. The van der Waals surface area contributed by atoms with Gasteiger partial charge in [0.1, 0.15) is 6.17 Å². The molecule has 20 heavy (non-hydrogen) atoms. The third-order valence-electron chi connectivity index (χ3n) is 3.78. The topological polar surface area (TPSA) is 50.8 Å². The molecule has 3 rings (SSSR count). The van der Waals surface area contributed by atoms with Crippen molar-refractivity contribution < 1.29 is 14.3 Å². The van der Waals surface area contributed by atoms with Crippen LogP contribution in [-0.4, -0.2) is 30.7 Å². The van der Waals surface area contributed by atoms with E-state index in [0.717, 1.165) is 30.0 Å². The lowest BCUT2D eigenvalue weighted by atomic mass is 10.1. The molecule has 1 fully saturated rings. The highest BCUT2D eigenvalue weighted by atomic mass is 16.7. The first-order valence-electron chi connectivity index (χ1n) is 7.21. The molecule has 0 spiro atoms. The van der Waals surface area contributed by atoms with Crippen molar-refractivity contribution >= 4 is 5.91 Å². The summed E-state index contributed by atoms with van der Waals surface area (Å²) in [4.78, 5) is 13.9. The van der Waals surface area contributed by atoms with Gasteiger partial charge in [0.25, 0.3) is 0 Å². The van der Waals surface area contributed by atoms with Crippen LogP contribution in [0, 0.1) is 0 Å². The van der Waals surface area contributed by atoms with Crippen LogP contribution in [0.2, 0.25) is 0 Å². The highest BCUT2D eigenvalue weighted by molar-refractivity contribution is 5.81. The average molecular weight is 276 g/mol. The number of carbonyl (C=O) groups is 1. The summed E-state index contributed by atoms with van der Waals surface area (Å²) in [7, 11) is 0. The minimum absolute atomic E-state index is 0.0722. The van der Waals surface area contributed by atoms with Crippen LogP contribution in [0.25, 0.3) is 0 Å². The Hall–Kier alpha value is -1.75. The number of carbonyl (C=O) groups excluding carboxylic acids is 1. The Bertz CT molecular complexity index is 504. The van der Waals surface area contributed by atoms with Gasteiger partial charge in [0.15, 0.2) is 11.5 Å². The third kappa shape index (κ3) is 2.45. The predicted octanol–water partition coefficient (Wildman–Crippen LogP) is 2.04. The van der Waals surface area contributed by atoms with E-state index in [1.165, 1.54) is 12.8 Å². The fraction of sp³-hybridized carbons (Fsp3) is 0.533. The summed E-state index contributed by atoms with van der Waals surface area (Å²) in [5, 5.41) is 3.03. The summed E-state index contributed by atoms with van der Waals surface area (Å²) in [5.41, 5.74) is 0.988. The molecule has 5 heteroatoms. The SMILES string of the molecule is CCCCCN1CC(=O)N[C@@H]1c1cccc2c1OCO2. The number of unbranched alkanes of at least 4 members (excludes halogenated alkanes) is 2. The first-order chi connectivity index (χ1) is 9.79. The van der Waals surface area contributed by atoms with E-state index in [9.17, 15) is 4.79 Å². The maximum absolute atomic E-state index is 11.7. The molecule has 1 amide bonds. The van der Waals surface area contributed by atoms with Gasteiger partial charge in [-0.3, -0.25) is 9.69 Å². The third-order valence-corrected chi connectivity index (χ3v) is 3.78. The smallest absolute Gasteiger partial charge is 0.235 e. The van der Waals surface area contributed by atoms with Gasteiger partial charge in [-0.05, 0) is 12.5 Å².